The summed E-state index contributed by atoms with van der Waals surface area (Å²) in [6.07, 6.45) is 4.75. The maximum atomic E-state index is 11.2. The first-order valence-electron chi connectivity index (χ1n) is 7.25. The summed E-state index contributed by atoms with van der Waals surface area (Å²) in [5, 5.41) is 3.58. The summed E-state index contributed by atoms with van der Waals surface area (Å²) in [5.74, 6) is -0.0734. The highest BCUT2D eigenvalue weighted by molar-refractivity contribution is 5.69. The molecule has 0 aromatic heterocycles. The molecule has 0 radical (unpaired) electrons. The van der Waals surface area contributed by atoms with Crippen molar-refractivity contribution in [3.8, 4) is 0 Å². The fraction of sp³-hybridized carbons (Fsp3) is 0.562. The first kappa shape index (κ1) is 14.1. The van der Waals surface area contributed by atoms with Crippen LogP contribution in [0.5, 0.6) is 0 Å². The Morgan fingerprint density at radius 1 is 1.26 bits per heavy atom. The molecule has 3 nitrogen and oxygen atoms in total. The molecule has 0 unspecified atom stereocenters. The van der Waals surface area contributed by atoms with Crippen molar-refractivity contribution in [1.82, 2.24) is 5.32 Å². The van der Waals surface area contributed by atoms with Crippen molar-refractivity contribution in [1.29, 1.82) is 0 Å². The number of unbranched alkanes of at least 4 members (excludes halogenated alkanes) is 1. The Balaban J connectivity index is 1.57. The molecule has 0 aliphatic heterocycles. The Kier molecular flexibility index (Phi) is 5.40. The minimum atomic E-state index is -0.0734. The molecule has 1 aliphatic rings. The number of nitrogens with one attached hydrogen (secondary N) is 1. The van der Waals surface area contributed by atoms with E-state index in [1.807, 2.05) is 6.92 Å². The first-order chi connectivity index (χ1) is 9.29. The minimum Gasteiger partial charge on any atom is -0.466 e. The van der Waals surface area contributed by atoms with Crippen LogP contribution in [-0.2, 0) is 22.4 Å². The van der Waals surface area contributed by atoms with Gasteiger partial charge in [0.15, 0.2) is 0 Å². The summed E-state index contributed by atoms with van der Waals surface area (Å²) in [6.45, 7) is 3.31. The zero-order valence-corrected chi connectivity index (χ0v) is 11.7. The minimum absolute atomic E-state index is 0.0734. The van der Waals surface area contributed by atoms with Gasteiger partial charge in [0.1, 0.15) is 0 Å². The summed E-state index contributed by atoms with van der Waals surface area (Å²) in [7, 11) is 0. The Hall–Kier alpha value is -1.35. The van der Waals surface area contributed by atoms with Gasteiger partial charge in [-0.15, -0.1) is 0 Å². The zero-order valence-electron chi connectivity index (χ0n) is 11.7. The molecule has 0 atom stereocenters. The fourth-order valence-electron chi connectivity index (χ4n) is 2.64. The number of esters is 1. The second-order valence-electron chi connectivity index (χ2n) is 5.09. The van der Waals surface area contributed by atoms with Crippen LogP contribution in [0.4, 0.5) is 0 Å². The van der Waals surface area contributed by atoms with Crippen LogP contribution in [0.25, 0.3) is 0 Å². The molecule has 1 aliphatic carbocycles. The van der Waals surface area contributed by atoms with Gasteiger partial charge in [0.05, 0.1) is 6.61 Å². The number of rotatable bonds is 7. The third-order valence-electron chi connectivity index (χ3n) is 3.60. The van der Waals surface area contributed by atoms with E-state index < -0.39 is 0 Å². The molecule has 1 aromatic rings. The van der Waals surface area contributed by atoms with Crippen LogP contribution >= 0.6 is 0 Å². The van der Waals surface area contributed by atoms with Gasteiger partial charge in [-0.3, -0.25) is 4.79 Å². The molecule has 0 amide bonds. The van der Waals surface area contributed by atoms with E-state index in [-0.39, 0.29) is 5.97 Å². The standard InChI is InChI=1S/C16H23NO2/c1-2-19-16(18)9-5-6-10-17-15-11-13-7-3-4-8-14(13)12-15/h3-4,7-8,15,17H,2,5-6,9-12H2,1H3. The Bertz CT molecular complexity index is 392. The lowest BCUT2D eigenvalue weighted by atomic mass is 10.1. The second-order valence-corrected chi connectivity index (χ2v) is 5.09. The van der Waals surface area contributed by atoms with Crippen LogP contribution in [0.2, 0.25) is 0 Å². The van der Waals surface area contributed by atoms with Gasteiger partial charge in [-0.05, 0) is 50.3 Å². The van der Waals surface area contributed by atoms with Gasteiger partial charge in [-0.25, -0.2) is 0 Å². The lowest BCUT2D eigenvalue weighted by molar-refractivity contribution is -0.143. The molecule has 0 fully saturated rings. The summed E-state index contributed by atoms with van der Waals surface area (Å²) in [6, 6.07) is 9.23. The number of hydrogen-bond donors (Lipinski definition) is 1. The van der Waals surface area contributed by atoms with Crippen molar-refractivity contribution in [2.45, 2.75) is 45.1 Å². The largest absolute Gasteiger partial charge is 0.466 e. The fourth-order valence-corrected chi connectivity index (χ4v) is 2.64. The van der Waals surface area contributed by atoms with Crippen molar-refractivity contribution in [3.05, 3.63) is 35.4 Å². The number of carbonyl (C=O) groups excluding carboxylic acids is 1. The molecule has 0 bridgehead atoms. The predicted molar refractivity (Wildman–Crippen MR) is 76.1 cm³/mol. The lowest BCUT2D eigenvalue weighted by Gasteiger charge is -2.11. The molecule has 1 N–H and O–H groups in total. The van der Waals surface area contributed by atoms with E-state index >= 15 is 0 Å². The number of hydrogen-bond acceptors (Lipinski definition) is 3. The molecule has 0 spiro atoms. The van der Waals surface area contributed by atoms with Crippen LogP contribution in [0.1, 0.15) is 37.3 Å². The summed E-state index contributed by atoms with van der Waals surface area (Å²) < 4.78 is 4.90. The Morgan fingerprint density at radius 2 is 1.95 bits per heavy atom. The number of fused-ring (bicyclic) bond motifs is 1. The summed E-state index contributed by atoms with van der Waals surface area (Å²) in [5.41, 5.74) is 2.96. The number of ether oxygens (including phenoxy) is 1. The van der Waals surface area contributed by atoms with Gasteiger partial charge in [0.2, 0.25) is 0 Å². The maximum Gasteiger partial charge on any atom is 0.305 e. The van der Waals surface area contributed by atoms with Gasteiger partial charge in [-0.1, -0.05) is 24.3 Å². The van der Waals surface area contributed by atoms with Crippen molar-refractivity contribution >= 4 is 5.97 Å². The normalized spacial score (nSPS) is 14.4. The van der Waals surface area contributed by atoms with Crippen LogP contribution < -0.4 is 5.32 Å². The van der Waals surface area contributed by atoms with E-state index in [1.54, 1.807) is 0 Å². The van der Waals surface area contributed by atoms with Gasteiger partial charge < -0.3 is 10.1 Å². The lowest BCUT2D eigenvalue weighted by Crippen LogP contribution is -2.30. The predicted octanol–water partition coefficient (Wildman–Crippen LogP) is 2.48. The van der Waals surface area contributed by atoms with Gasteiger partial charge in [-0.2, -0.15) is 0 Å². The third-order valence-corrected chi connectivity index (χ3v) is 3.60. The maximum absolute atomic E-state index is 11.2. The van der Waals surface area contributed by atoms with E-state index in [0.717, 1.165) is 32.2 Å². The van der Waals surface area contributed by atoms with E-state index in [9.17, 15) is 4.79 Å². The molecular weight excluding hydrogens is 238 g/mol. The second kappa shape index (κ2) is 7.29. The average molecular weight is 261 g/mol. The van der Waals surface area contributed by atoms with Crippen LogP contribution in [-0.4, -0.2) is 25.2 Å². The quantitative estimate of drug-likeness (QED) is 0.605. The SMILES string of the molecule is CCOC(=O)CCCCNC1Cc2ccccc2C1. The van der Waals surface area contributed by atoms with E-state index in [0.29, 0.717) is 19.1 Å². The van der Waals surface area contributed by atoms with E-state index in [2.05, 4.69) is 29.6 Å². The molecule has 0 saturated carbocycles. The molecule has 3 heteroatoms. The summed E-state index contributed by atoms with van der Waals surface area (Å²) in [4.78, 5) is 11.2. The first-order valence-corrected chi connectivity index (χ1v) is 7.25. The third kappa shape index (κ3) is 4.35. The molecule has 104 valence electrons. The van der Waals surface area contributed by atoms with Crippen molar-refractivity contribution in [3.63, 3.8) is 0 Å². The summed E-state index contributed by atoms with van der Waals surface area (Å²) >= 11 is 0. The smallest absolute Gasteiger partial charge is 0.305 e. The van der Waals surface area contributed by atoms with Gasteiger partial charge in [0, 0.05) is 12.5 Å². The highest BCUT2D eigenvalue weighted by Gasteiger charge is 2.19. The highest BCUT2D eigenvalue weighted by Crippen LogP contribution is 2.21. The van der Waals surface area contributed by atoms with Crippen molar-refractivity contribution in [2.75, 3.05) is 13.2 Å². The molecule has 0 heterocycles. The van der Waals surface area contributed by atoms with Crippen LogP contribution in [0.3, 0.4) is 0 Å². The van der Waals surface area contributed by atoms with E-state index in [1.165, 1.54) is 11.1 Å². The van der Waals surface area contributed by atoms with Gasteiger partial charge >= 0.3 is 5.97 Å². The monoisotopic (exact) mass is 261 g/mol. The topological polar surface area (TPSA) is 38.3 Å². The van der Waals surface area contributed by atoms with Crippen LogP contribution in [0, 0.1) is 0 Å². The van der Waals surface area contributed by atoms with Crippen molar-refractivity contribution < 1.29 is 9.53 Å². The van der Waals surface area contributed by atoms with Crippen molar-refractivity contribution in [2.24, 2.45) is 0 Å². The Labute approximate surface area is 115 Å². The van der Waals surface area contributed by atoms with E-state index in [4.69, 9.17) is 4.74 Å². The molecule has 2 rings (SSSR count). The zero-order chi connectivity index (χ0) is 13.5. The van der Waals surface area contributed by atoms with Crippen LogP contribution in [0.15, 0.2) is 24.3 Å². The Morgan fingerprint density at radius 3 is 2.58 bits per heavy atom. The molecule has 19 heavy (non-hydrogen) atoms. The molecule has 0 saturated heterocycles. The van der Waals surface area contributed by atoms with Gasteiger partial charge in [0.25, 0.3) is 0 Å². The number of benzene rings is 1. The molecule has 1 aromatic carbocycles. The average Bonchev–Trinajstić information content (AvgIpc) is 2.81. The molecular formula is C16H23NO2. The highest BCUT2D eigenvalue weighted by atomic mass is 16.5. The number of carbonyl (C=O) groups is 1.